The Bertz CT molecular complexity index is 1490. The number of carbonyl (C=O) groups excluding carboxylic acids is 1. The highest BCUT2D eigenvalue weighted by Gasteiger charge is 2.49. The number of likely N-dealkylation sites (tertiary alicyclic amines) is 1. The van der Waals surface area contributed by atoms with Crippen molar-refractivity contribution in [2.24, 2.45) is 0 Å². The van der Waals surface area contributed by atoms with E-state index in [0.717, 1.165) is 62.2 Å². The number of benzene rings is 1. The molecule has 4 aliphatic rings. The van der Waals surface area contributed by atoms with Crippen LogP contribution in [0.25, 0.3) is 0 Å². The zero-order valence-electron chi connectivity index (χ0n) is 25.3. The van der Waals surface area contributed by atoms with Gasteiger partial charge in [-0.05, 0) is 120 Å². The van der Waals surface area contributed by atoms with Crippen molar-refractivity contribution in [3.05, 3.63) is 52.6 Å². The number of nitrogens with zero attached hydrogens (tertiary/aromatic N) is 4. The van der Waals surface area contributed by atoms with E-state index in [1.807, 2.05) is 12.2 Å². The molecule has 1 aromatic carbocycles. The van der Waals surface area contributed by atoms with Gasteiger partial charge in [0.25, 0.3) is 5.91 Å². The van der Waals surface area contributed by atoms with Gasteiger partial charge in [-0.1, -0.05) is 17.7 Å². The molecule has 0 bridgehead atoms. The molecule has 9 nitrogen and oxygen atoms in total. The first-order valence-electron chi connectivity index (χ1n) is 15.2. The molecule has 1 saturated heterocycles. The molecule has 242 valence electrons. The molecule has 2 heterocycles. The molecule has 3 N–H and O–H groups in total. The zero-order valence-corrected chi connectivity index (χ0v) is 26.8. The molecule has 0 atom stereocenters. The van der Waals surface area contributed by atoms with Gasteiger partial charge in [-0.3, -0.25) is 14.4 Å². The third-order valence-corrected chi connectivity index (χ3v) is 10.5. The van der Waals surface area contributed by atoms with Crippen molar-refractivity contribution in [2.75, 3.05) is 30.3 Å². The van der Waals surface area contributed by atoms with Crippen molar-refractivity contribution in [3.8, 4) is 6.01 Å². The summed E-state index contributed by atoms with van der Waals surface area (Å²) >= 11 is 7.64. The minimum atomic E-state index is -4.55. The lowest BCUT2D eigenvalue weighted by atomic mass is 9.96. The predicted octanol–water partition coefficient (Wildman–Crippen LogP) is 7.13. The maximum absolute atomic E-state index is 13.0. The van der Waals surface area contributed by atoms with E-state index in [2.05, 4.69) is 49.1 Å². The molecule has 0 unspecified atom stereocenters. The van der Waals surface area contributed by atoms with Crippen LogP contribution < -0.4 is 20.1 Å². The Kier molecular flexibility index (Phi) is 8.72. The number of allylic oxidation sites excluding steroid dienone is 3. The lowest BCUT2D eigenvalue weighted by molar-refractivity contribution is -0.154. The summed E-state index contributed by atoms with van der Waals surface area (Å²) in [5.41, 5.74) is 1.98. The van der Waals surface area contributed by atoms with E-state index < -0.39 is 18.8 Å². The Balaban J connectivity index is 1.11. The highest BCUT2D eigenvalue weighted by Crippen LogP contribution is 2.50. The second-order valence-electron chi connectivity index (χ2n) is 12.9. The Morgan fingerprint density at radius 3 is 2.36 bits per heavy atom. The van der Waals surface area contributed by atoms with Crippen molar-refractivity contribution in [3.63, 3.8) is 0 Å². The van der Waals surface area contributed by atoms with Crippen LogP contribution in [0.4, 0.5) is 30.8 Å². The number of carbonyl (C=O) groups is 1. The first-order valence-corrected chi connectivity index (χ1v) is 16.4. The highest BCUT2D eigenvalue weighted by atomic mass is 35.5. The van der Waals surface area contributed by atoms with Crippen LogP contribution in [-0.2, 0) is 0 Å². The van der Waals surface area contributed by atoms with Gasteiger partial charge in [0.05, 0.1) is 5.54 Å². The number of rotatable bonds is 12. The third-order valence-electron chi connectivity index (χ3n) is 8.92. The van der Waals surface area contributed by atoms with E-state index in [9.17, 15) is 18.0 Å². The molecule has 3 aliphatic carbocycles. The summed E-state index contributed by atoms with van der Waals surface area (Å²) in [7, 11) is 0. The van der Waals surface area contributed by atoms with Gasteiger partial charge in [0, 0.05) is 33.1 Å². The maximum atomic E-state index is 13.0. The smallest absolute Gasteiger partial charge is 0.422 e. The number of ether oxygens (including phenoxy) is 1. The van der Waals surface area contributed by atoms with Crippen LogP contribution in [0.15, 0.2) is 47.0 Å². The van der Waals surface area contributed by atoms with Crippen molar-refractivity contribution in [2.45, 2.75) is 87.2 Å². The number of halogens is 4. The molecule has 3 fully saturated rings. The van der Waals surface area contributed by atoms with Crippen LogP contribution in [0, 0.1) is 0 Å². The van der Waals surface area contributed by atoms with Crippen molar-refractivity contribution >= 4 is 47.0 Å². The maximum Gasteiger partial charge on any atom is 0.422 e. The number of nitrogens with one attached hydrogen (secondary N) is 3. The number of anilines is 3. The Labute approximate surface area is 270 Å². The Morgan fingerprint density at radius 1 is 1.02 bits per heavy atom. The second kappa shape index (κ2) is 12.3. The summed E-state index contributed by atoms with van der Waals surface area (Å²) < 4.78 is 46.7. The molecule has 1 aliphatic heterocycles. The first kappa shape index (κ1) is 31.9. The van der Waals surface area contributed by atoms with Gasteiger partial charge in [0.1, 0.15) is 0 Å². The number of hydrogen-bond acceptors (Lipinski definition) is 9. The van der Waals surface area contributed by atoms with E-state index in [4.69, 9.17) is 16.3 Å². The number of amides is 1. The van der Waals surface area contributed by atoms with E-state index in [1.165, 1.54) is 24.8 Å². The summed E-state index contributed by atoms with van der Waals surface area (Å²) in [6, 6.07) is 6.28. The summed E-state index contributed by atoms with van der Waals surface area (Å²) in [6.07, 6.45) is 7.00. The first-order chi connectivity index (χ1) is 21.3. The minimum Gasteiger partial charge on any atom is -0.454 e. The molecule has 14 heteroatoms. The monoisotopic (exact) mass is 663 g/mol. The quantitative estimate of drug-likeness (QED) is 0.205. The lowest BCUT2D eigenvalue weighted by Crippen LogP contribution is -2.43. The van der Waals surface area contributed by atoms with Gasteiger partial charge in [0.2, 0.25) is 11.9 Å². The van der Waals surface area contributed by atoms with E-state index >= 15 is 0 Å². The normalized spacial score (nSPS) is 21.4. The predicted molar refractivity (Wildman–Crippen MR) is 170 cm³/mol. The van der Waals surface area contributed by atoms with Gasteiger partial charge in [-0.2, -0.15) is 28.1 Å². The van der Waals surface area contributed by atoms with Gasteiger partial charge < -0.3 is 15.4 Å². The third kappa shape index (κ3) is 8.04. The fraction of sp³-hybridized carbons (Fsp3) is 0.548. The van der Waals surface area contributed by atoms with Crippen molar-refractivity contribution < 1.29 is 22.7 Å². The lowest BCUT2D eigenvalue weighted by Gasteiger charge is -2.34. The van der Waals surface area contributed by atoms with Gasteiger partial charge in [0.15, 0.2) is 6.61 Å². The fourth-order valence-electron chi connectivity index (χ4n) is 5.84. The van der Waals surface area contributed by atoms with Crippen LogP contribution >= 0.6 is 23.5 Å². The van der Waals surface area contributed by atoms with Gasteiger partial charge in [-0.25, -0.2) is 0 Å². The van der Waals surface area contributed by atoms with Crippen LogP contribution in [0.3, 0.4) is 0 Å². The Morgan fingerprint density at radius 2 is 1.76 bits per heavy atom. The fourth-order valence-corrected chi connectivity index (χ4v) is 6.95. The molecule has 1 amide bonds. The largest absolute Gasteiger partial charge is 0.454 e. The molecular weight excluding hydrogens is 627 g/mol. The van der Waals surface area contributed by atoms with E-state index in [-0.39, 0.29) is 33.6 Å². The number of aromatic nitrogens is 3. The minimum absolute atomic E-state index is 0.00862. The summed E-state index contributed by atoms with van der Waals surface area (Å²) in [4.78, 5) is 28.1. The second-order valence-corrected chi connectivity index (χ2v) is 14.7. The van der Waals surface area contributed by atoms with E-state index in [0.29, 0.717) is 11.3 Å². The summed E-state index contributed by atoms with van der Waals surface area (Å²) in [5, 5.41) is 7.08. The zero-order chi connectivity index (χ0) is 31.9. The highest BCUT2D eigenvalue weighted by molar-refractivity contribution is 7.99. The molecular formula is C31H37ClF3N7O2S. The molecule has 2 saturated carbocycles. The van der Waals surface area contributed by atoms with Crippen LogP contribution in [-0.4, -0.2) is 67.5 Å². The van der Waals surface area contributed by atoms with Crippen molar-refractivity contribution in [1.29, 1.82) is 0 Å². The molecule has 2 aromatic rings. The molecule has 1 aromatic heterocycles. The summed E-state index contributed by atoms with van der Waals surface area (Å²) in [6.45, 7) is 5.10. The standard InChI is InChI=1S/C31H37ClF3N7O2S/c1-28(2)12-3-17-42(28)18-29(13-14-29)45-41-24(43)20-4-10-23(11-5-20)36-25-37-26(39-27(38-25)44-19-31(33,34)35)40-30(15-16-30)21-6-8-22(32)9-7-21/h4-6,8,10-11H,3,7,9,12-19H2,1-2H3,(H,41,43)(H2,36,37,38,39,40). The molecule has 0 radical (unpaired) electrons. The summed E-state index contributed by atoms with van der Waals surface area (Å²) in [5.74, 6) is -0.0757. The topological polar surface area (TPSA) is 104 Å². The Hall–Kier alpha value is -3.03. The van der Waals surface area contributed by atoms with Crippen molar-refractivity contribution in [1.82, 2.24) is 24.6 Å². The van der Waals surface area contributed by atoms with Gasteiger partial charge >= 0.3 is 12.2 Å². The van der Waals surface area contributed by atoms with E-state index in [1.54, 1.807) is 24.3 Å². The average Bonchev–Trinajstić information content (AvgIpc) is 3.91. The molecule has 6 rings (SSSR count). The number of hydrogen-bond donors (Lipinski definition) is 3. The molecule has 45 heavy (non-hydrogen) atoms. The van der Waals surface area contributed by atoms with Gasteiger partial charge in [-0.15, -0.1) is 0 Å². The molecule has 0 spiro atoms. The van der Waals surface area contributed by atoms with Crippen LogP contribution in [0.1, 0.15) is 75.6 Å². The van der Waals surface area contributed by atoms with Crippen LogP contribution in [0.5, 0.6) is 6.01 Å². The average molecular weight is 664 g/mol. The SMILES string of the molecule is CC1(C)CCCN1CC1(SNC(=O)c2ccc(Nc3nc(NC4(C5=CC=C(Cl)CC5)CC4)nc(OCC(F)(F)F)n3)cc2)CC1. The number of alkyl halides is 3. The van der Waals surface area contributed by atoms with Crippen LogP contribution in [0.2, 0.25) is 0 Å².